The highest BCUT2D eigenvalue weighted by atomic mass is 16.5. The molecule has 3 nitrogen and oxygen atoms in total. The molecule has 10 heavy (non-hydrogen) atoms. The number of ether oxygens (including phenoxy) is 2. The maximum absolute atomic E-state index is 9.82. The van der Waals surface area contributed by atoms with Gasteiger partial charge >= 0.3 is 5.97 Å². The van der Waals surface area contributed by atoms with Gasteiger partial charge in [-0.05, 0) is 6.92 Å². The second-order valence-corrected chi connectivity index (χ2v) is 1.33. The smallest absolute Gasteiger partial charge is 0.302 e. The van der Waals surface area contributed by atoms with Gasteiger partial charge in [0.25, 0.3) is 0 Å². The van der Waals surface area contributed by atoms with Crippen molar-refractivity contribution in [3.63, 3.8) is 0 Å². The first kappa shape index (κ1) is 16.2. The van der Waals surface area contributed by atoms with Crippen molar-refractivity contribution >= 4 is 5.97 Å². The van der Waals surface area contributed by atoms with Crippen LogP contribution in [0.5, 0.6) is 0 Å². The van der Waals surface area contributed by atoms with Gasteiger partial charge in [-0.2, -0.15) is 0 Å². The van der Waals surface area contributed by atoms with E-state index in [1.54, 1.807) is 21.1 Å². The Hall–Kier alpha value is -0.570. The first-order chi connectivity index (χ1) is 4.18. The lowest BCUT2D eigenvalue weighted by atomic mass is 10.8. The summed E-state index contributed by atoms with van der Waals surface area (Å²) in [5.41, 5.74) is 0. The Morgan fingerprint density at radius 1 is 1.40 bits per heavy atom. The number of rotatable bonds is 1. The molecule has 0 rings (SSSR count). The minimum atomic E-state index is -0.211. The molecule has 0 bridgehead atoms. The van der Waals surface area contributed by atoms with Crippen LogP contribution in [0.2, 0.25) is 0 Å². The molecule has 3 heteroatoms. The molecule has 0 aromatic carbocycles. The van der Waals surface area contributed by atoms with E-state index in [0.717, 1.165) is 0 Å². The number of hydrogen-bond acceptors (Lipinski definition) is 3. The van der Waals surface area contributed by atoms with Crippen LogP contribution in [-0.2, 0) is 14.3 Å². The van der Waals surface area contributed by atoms with E-state index in [-0.39, 0.29) is 13.4 Å². The highest BCUT2D eigenvalue weighted by Gasteiger charge is 1.81. The van der Waals surface area contributed by atoms with E-state index < -0.39 is 0 Å². The second-order valence-electron chi connectivity index (χ2n) is 1.33. The molecule has 0 aromatic heterocycles. The second kappa shape index (κ2) is 15.8. The number of esters is 1. The van der Waals surface area contributed by atoms with Gasteiger partial charge in [0.15, 0.2) is 0 Å². The van der Waals surface area contributed by atoms with Crippen LogP contribution in [0.3, 0.4) is 0 Å². The van der Waals surface area contributed by atoms with Gasteiger partial charge in [-0.25, -0.2) is 0 Å². The number of carbonyl (C=O) groups is 1. The first-order valence-corrected chi connectivity index (χ1v) is 2.72. The zero-order valence-electron chi connectivity index (χ0n) is 6.43. The molecule has 0 N–H and O–H groups in total. The molecule has 0 aliphatic heterocycles. The Morgan fingerprint density at radius 2 is 1.70 bits per heavy atom. The molecule has 0 spiro atoms. The van der Waals surface area contributed by atoms with Crippen molar-refractivity contribution < 1.29 is 14.3 Å². The average molecular weight is 150 g/mol. The van der Waals surface area contributed by atoms with Crippen molar-refractivity contribution in [2.75, 3.05) is 20.8 Å². The summed E-state index contributed by atoms with van der Waals surface area (Å²) in [6.45, 7) is 3.65. The SMILES string of the molecule is C.CCOC(C)=O.COC. The Labute approximate surface area is 63.3 Å². The van der Waals surface area contributed by atoms with Gasteiger partial charge in [-0.3, -0.25) is 4.79 Å². The predicted molar refractivity (Wildman–Crippen MR) is 42.0 cm³/mol. The lowest BCUT2D eigenvalue weighted by Gasteiger charge is -1.89. The molecule has 0 fully saturated rings. The molecule has 0 aliphatic carbocycles. The van der Waals surface area contributed by atoms with E-state index in [2.05, 4.69) is 9.47 Å². The summed E-state index contributed by atoms with van der Waals surface area (Å²) in [6.07, 6.45) is 0. The normalized spacial score (nSPS) is 6.40. The monoisotopic (exact) mass is 150 g/mol. The molecule has 0 aromatic rings. The van der Waals surface area contributed by atoms with E-state index in [0.29, 0.717) is 6.61 Å². The van der Waals surface area contributed by atoms with Gasteiger partial charge in [-0.1, -0.05) is 7.43 Å². The van der Waals surface area contributed by atoms with Gasteiger partial charge < -0.3 is 9.47 Å². The highest BCUT2D eigenvalue weighted by molar-refractivity contribution is 5.65. The van der Waals surface area contributed by atoms with Crippen molar-refractivity contribution in [3.05, 3.63) is 0 Å². The van der Waals surface area contributed by atoms with Gasteiger partial charge in [0.05, 0.1) is 6.61 Å². The van der Waals surface area contributed by atoms with Gasteiger partial charge in [0.2, 0.25) is 0 Å². The van der Waals surface area contributed by atoms with Crippen LogP contribution < -0.4 is 0 Å². The number of methoxy groups -OCH3 is 1. The van der Waals surface area contributed by atoms with E-state index in [1.165, 1.54) is 6.92 Å². The zero-order valence-corrected chi connectivity index (χ0v) is 6.43. The third-order valence-corrected chi connectivity index (χ3v) is 0.348. The van der Waals surface area contributed by atoms with E-state index in [4.69, 9.17) is 0 Å². The van der Waals surface area contributed by atoms with Crippen molar-refractivity contribution in [1.82, 2.24) is 0 Å². The molecular formula is C7H18O3. The molecule has 0 heterocycles. The van der Waals surface area contributed by atoms with Crippen LogP contribution in [0.4, 0.5) is 0 Å². The van der Waals surface area contributed by atoms with Gasteiger partial charge in [0, 0.05) is 21.1 Å². The fourth-order valence-corrected chi connectivity index (χ4v) is 0.203. The fraction of sp³-hybridized carbons (Fsp3) is 0.857. The summed E-state index contributed by atoms with van der Waals surface area (Å²) in [6, 6.07) is 0. The molecule has 0 atom stereocenters. The molecule has 0 radical (unpaired) electrons. The summed E-state index contributed by atoms with van der Waals surface area (Å²) in [7, 11) is 3.25. The fourth-order valence-electron chi connectivity index (χ4n) is 0.203. The van der Waals surface area contributed by atoms with Crippen LogP contribution in [0.25, 0.3) is 0 Å². The van der Waals surface area contributed by atoms with E-state index in [1.807, 2.05) is 0 Å². The maximum atomic E-state index is 9.82. The minimum absolute atomic E-state index is 0. The van der Waals surface area contributed by atoms with Crippen LogP contribution >= 0.6 is 0 Å². The summed E-state index contributed by atoms with van der Waals surface area (Å²) in [5.74, 6) is -0.211. The number of carbonyl (C=O) groups excluding carboxylic acids is 1. The first-order valence-electron chi connectivity index (χ1n) is 2.72. The highest BCUT2D eigenvalue weighted by Crippen LogP contribution is 1.69. The van der Waals surface area contributed by atoms with Crippen molar-refractivity contribution in [3.8, 4) is 0 Å². The van der Waals surface area contributed by atoms with Crippen LogP contribution in [0.15, 0.2) is 0 Å². The zero-order chi connectivity index (χ0) is 7.70. The standard InChI is InChI=1S/C4H8O2.C2H6O.CH4/c1-3-6-4(2)5;1-3-2;/h3H2,1-2H3;1-2H3;1H4. The molecular weight excluding hydrogens is 132 g/mol. The lowest BCUT2D eigenvalue weighted by Crippen LogP contribution is -1.95. The van der Waals surface area contributed by atoms with Gasteiger partial charge in [0.1, 0.15) is 0 Å². The number of hydrogen-bond donors (Lipinski definition) is 0. The quantitative estimate of drug-likeness (QED) is 0.531. The van der Waals surface area contributed by atoms with Crippen molar-refractivity contribution in [2.45, 2.75) is 21.3 Å². The van der Waals surface area contributed by atoms with Crippen molar-refractivity contribution in [2.24, 2.45) is 0 Å². The van der Waals surface area contributed by atoms with Gasteiger partial charge in [-0.15, -0.1) is 0 Å². The molecule has 0 saturated heterocycles. The van der Waals surface area contributed by atoms with Crippen LogP contribution in [0, 0.1) is 0 Å². The Kier molecular flexibility index (Phi) is 25.6. The summed E-state index contributed by atoms with van der Waals surface area (Å²) < 4.78 is 8.65. The van der Waals surface area contributed by atoms with E-state index in [9.17, 15) is 4.79 Å². The minimum Gasteiger partial charge on any atom is -0.466 e. The van der Waals surface area contributed by atoms with Crippen LogP contribution in [0.1, 0.15) is 21.3 Å². The maximum Gasteiger partial charge on any atom is 0.302 e. The molecule has 0 aliphatic rings. The van der Waals surface area contributed by atoms with E-state index >= 15 is 0 Å². The summed E-state index contributed by atoms with van der Waals surface area (Å²) >= 11 is 0. The third-order valence-electron chi connectivity index (χ3n) is 0.348. The summed E-state index contributed by atoms with van der Waals surface area (Å²) in [5, 5.41) is 0. The lowest BCUT2D eigenvalue weighted by molar-refractivity contribution is -0.140. The predicted octanol–water partition coefficient (Wildman–Crippen LogP) is 1.47. The van der Waals surface area contributed by atoms with Crippen LogP contribution in [-0.4, -0.2) is 26.8 Å². The molecule has 64 valence electrons. The Bertz CT molecular complexity index is 61.9. The molecule has 0 saturated carbocycles. The molecule has 0 unspecified atom stereocenters. The topological polar surface area (TPSA) is 35.5 Å². The summed E-state index contributed by atoms with van der Waals surface area (Å²) in [4.78, 5) is 9.82. The largest absolute Gasteiger partial charge is 0.466 e. The molecule has 0 amide bonds. The Morgan fingerprint density at radius 3 is 1.70 bits per heavy atom. The Balaban J connectivity index is -0.000000107. The average Bonchev–Trinajstić information content (AvgIpc) is 1.67. The van der Waals surface area contributed by atoms with Crippen molar-refractivity contribution in [1.29, 1.82) is 0 Å². The third kappa shape index (κ3) is 52.0.